The molecular weight excluding hydrogens is 267 g/mol. The van der Waals surface area contributed by atoms with Gasteiger partial charge in [-0.05, 0) is 40.8 Å². The molecule has 12 heavy (non-hydrogen) atoms. The molecule has 0 unspecified atom stereocenters. The first-order valence-electron chi connectivity index (χ1n) is 3.32. The van der Waals surface area contributed by atoms with Crippen LogP contribution in [0.5, 0.6) is 5.75 Å². The molecule has 0 N–H and O–H groups in total. The van der Waals surface area contributed by atoms with E-state index in [0.717, 1.165) is 9.65 Å². The molecule has 0 saturated carbocycles. The number of rotatable bonds is 2. The summed E-state index contributed by atoms with van der Waals surface area (Å²) in [5.74, 6) is 0.115. The summed E-state index contributed by atoms with van der Waals surface area (Å²) >= 11 is 2.15. The summed E-state index contributed by atoms with van der Waals surface area (Å²) in [7, 11) is 0. The Bertz CT molecular complexity index is 307. The molecule has 1 aromatic carbocycles. The van der Waals surface area contributed by atoms with Crippen molar-refractivity contribution in [2.24, 2.45) is 0 Å². The molecule has 0 aliphatic heterocycles. The van der Waals surface area contributed by atoms with Gasteiger partial charge in [-0.3, -0.25) is 0 Å². The number of carbonyl (C=O) groups is 1. The summed E-state index contributed by atoms with van der Waals surface area (Å²) in [6.45, 7) is 3.30. The van der Waals surface area contributed by atoms with E-state index in [9.17, 15) is 4.79 Å². The molecule has 0 atom stereocenters. The smallest absolute Gasteiger partial charge is 0.335 e. The Morgan fingerprint density at radius 3 is 2.92 bits per heavy atom. The SMILES string of the molecule is C=CC(=O)Oc1cccc(I)c1. The maximum Gasteiger partial charge on any atom is 0.335 e. The largest absolute Gasteiger partial charge is 0.423 e. The minimum Gasteiger partial charge on any atom is -0.423 e. The van der Waals surface area contributed by atoms with Crippen LogP contribution in [0, 0.1) is 3.57 Å². The molecule has 0 saturated heterocycles. The van der Waals surface area contributed by atoms with Gasteiger partial charge in [0, 0.05) is 9.65 Å². The average Bonchev–Trinajstić information content (AvgIpc) is 2.04. The zero-order chi connectivity index (χ0) is 8.97. The van der Waals surface area contributed by atoms with Gasteiger partial charge in [0.1, 0.15) is 5.75 Å². The number of hydrogen-bond acceptors (Lipinski definition) is 2. The van der Waals surface area contributed by atoms with E-state index in [1.54, 1.807) is 12.1 Å². The second-order valence-corrected chi connectivity index (χ2v) is 3.33. The molecule has 0 spiro atoms. The predicted octanol–water partition coefficient (Wildman–Crippen LogP) is 2.38. The number of carbonyl (C=O) groups excluding carboxylic acids is 1. The highest BCUT2D eigenvalue weighted by molar-refractivity contribution is 14.1. The van der Waals surface area contributed by atoms with Gasteiger partial charge in [-0.2, -0.15) is 0 Å². The molecule has 3 heteroatoms. The summed E-state index contributed by atoms with van der Waals surface area (Å²) in [4.78, 5) is 10.7. The first-order valence-corrected chi connectivity index (χ1v) is 4.40. The molecule has 0 aliphatic carbocycles. The van der Waals surface area contributed by atoms with Gasteiger partial charge in [0.2, 0.25) is 0 Å². The number of ether oxygens (including phenoxy) is 1. The van der Waals surface area contributed by atoms with Gasteiger partial charge in [0.15, 0.2) is 0 Å². The van der Waals surface area contributed by atoms with E-state index < -0.39 is 5.97 Å². The average molecular weight is 274 g/mol. The standard InChI is InChI=1S/C9H7IO2/c1-2-9(11)12-8-5-3-4-7(10)6-8/h2-6H,1H2. The van der Waals surface area contributed by atoms with Crippen LogP contribution in [0.4, 0.5) is 0 Å². The second-order valence-electron chi connectivity index (χ2n) is 2.08. The first-order chi connectivity index (χ1) is 5.72. The monoisotopic (exact) mass is 274 g/mol. The molecule has 1 aromatic rings. The van der Waals surface area contributed by atoms with Crippen LogP contribution in [0.1, 0.15) is 0 Å². The predicted molar refractivity (Wildman–Crippen MR) is 55.0 cm³/mol. The summed E-state index contributed by atoms with van der Waals surface area (Å²) in [5.41, 5.74) is 0. The lowest BCUT2D eigenvalue weighted by molar-refractivity contribution is -0.128. The number of halogens is 1. The molecule has 0 radical (unpaired) electrons. The highest BCUT2D eigenvalue weighted by Gasteiger charge is 1.98. The molecule has 2 nitrogen and oxygen atoms in total. The minimum absolute atomic E-state index is 0.433. The van der Waals surface area contributed by atoms with Gasteiger partial charge in [-0.25, -0.2) is 4.79 Å². The lowest BCUT2D eigenvalue weighted by Crippen LogP contribution is -2.02. The topological polar surface area (TPSA) is 26.3 Å². The third-order valence-corrected chi connectivity index (χ3v) is 1.85. The van der Waals surface area contributed by atoms with Crippen LogP contribution < -0.4 is 4.74 Å². The van der Waals surface area contributed by atoms with Crippen molar-refractivity contribution in [2.45, 2.75) is 0 Å². The Morgan fingerprint density at radius 2 is 2.33 bits per heavy atom. The van der Waals surface area contributed by atoms with Crippen molar-refractivity contribution in [1.29, 1.82) is 0 Å². The highest BCUT2D eigenvalue weighted by atomic mass is 127. The number of benzene rings is 1. The van der Waals surface area contributed by atoms with E-state index in [4.69, 9.17) is 4.74 Å². The van der Waals surface area contributed by atoms with Crippen LogP contribution in [0.3, 0.4) is 0 Å². The summed E-state index contributed by atoms with van der Waals surface area (Å²) in [5, 5.41) is 0. The van der Waals surface area contributed by atoms with Gasteiger partial charge in [0.25, 0.3) is 0 Å². The fraction of sp³-hybridized carbons (Fsp3) is 0. The van der Waals surface area contributed by atoms with Crippen LogP contribution in [-0.2, 0) is 4.79 Å². The Morgan fingerprint density at radius 1 is 1.58 bits per heavy atom. The van der Waals surface area contributed by atoms with Crippen LogP contribution >= 0.6 is 22.6 Å². The van der Waals surface area contributed by atoms with Gasteiger partial charge in [-0.1, -0.05) is 12.6 Å². The number of hydrogen-bond donors (Lipinski definition) is 0. The molecule has 0 heterocycles. The molecule has 0 amide bonds. The molecule has 0 bridgehead atoms. The van der Waals surface area contributed by atoms with E-state index in [1.165, 1.54) is 0 Å². The molecular formula is C9H7IO2. The summed E-state index contributed by atoms with van der Waals surface area (Å²) in [6, 6.07) is 7.25. The lowest BCUT2D eigenvalue weighted by Gasteiger charge is -2.00. The molecule has 0 aromatic heterocycles. The number of esters is 1. The maximum atomic E-state index is 10.7. The fourth-order valence-corrected chi connectivity index (χ4v) is 1.20. The minimum atomic E-state index is -0.433. The normalized spacial score (nSPS) is 9.08. The quantitative estimate of drug-likeness (QED) is 0.358. The van der Waals surface area contributed by atoms with Gasteiger partial charge >= 0.3 is 5.97 Å². The van der Waals surface area contributed by atoms with Crippen molar-refractivity contribution < 1.29 is 9.53 Å². The van der Waals surface area contributed by atoms with E-state index in [0.29, 0.717) is 5.75 Å². The zero-order valence-electron chi connectivity index (χ0n) is 6.29. The van der Waals surface area contributed by atoms with E-state index in [1.807, 2.05) is 12.1 Å². The van der Waals surface area contributed by atoms with E-state index >= 15 is 0 Å². The van der Waals surface area contributed by atoms with Crippen molar-refractivity contribution in [1.82, 2.24) is 0 Å². The van der Waals surface area contributed by atoms with Gasteiger partial charge in [0.05, 0.1) is 0 Å². The fourth-order valence-electron chi connectivity index (χ4n) is 0.688. The molecule has 0 aliphatic rings. The third-order valence-electron chi connectivity index (χ3n) is 1.18. The van der Waals surface area contributed by atoms with Gasteiger partial charge < -0.3 is 4.74 Å². The Labute approximate surface area is 84.4 Å². The Kier molecular flexibility index (Phi) is 3.28. The zero-order valence-corrected chi connectivity index (χ0v) is 8.45. The Hall–Kier alpha value is -0.840. The molecule has 62 valence electrons. The van der Waals surface area contributed by atoms with Crippen molar-refractivity contribution >= 4 is 28.6 Å². The Balaban J connectivity index is 2.76. The van der Waals surface area contributed by atoms with Crippen molar-refractivity contribution in [3.63, 3.8) is 0 Å². The van der Waals surface area contributed by atoms with E-state index in [2.05, 4.69) is 29.2 Å². The third kappa shape index (κ3) is 2.65. The first kappa shape index (κ1) is 9.25. The summed E-state index contributed by atoms with van der Waals surface area (Å²) in [6.07, 6.45) is 1.14. The summed E-state index contributed by atoms with van der Waals surface area (Å²) < 4.78 is 5.91. The molecule has 0 fully saturated rings. The van der Waals surface area contributed by atoms with Crippen molar-refractivity contribution in [3.05, 3.63) is 40.5 Å². The van der Waals surface area contributed by atoms with Crippen molar-refractivity contribution in [3.8, 4) is 5.75 Å². The lowest BCUT2D eigenvalue weighted by atomic mass is 10.3. The maximum absolute atomic E-state index is 10.7. The highest BCUT2D eigenvalue weighted by Crippen LogP contribution is 2.14. The second kappa shape index (κ2) is 4.25. The molecule has 1 rings (SSSR count). The van der Waals surface area contributed by atoms with E-state index in [-0.39, 0.29) is 0 Å². The van der Waals surface area contributed by atoms with Crippen LogP contribution in [0.2, 0.25) is 0 Å². The van der Waals surface area contributed by atoms with Gasteiger partial charge in [-0.15, -0.1) is 0 Å². The van der Waals surface area contributed by atoms with Crippen LogP contribution in [0.25, 0.3) is 0 Å². The van der Waals surface area contributed by atoms with Crippen molar-refractivity contribution in [2.75, 3.05) is 0 Å². The van der Waals surface area contributed by atoms with Crippen LogP contribution in [-0.4, -0.2) is 5.97 Å². The van der Waals surface area contributed by atoms with Crippen LogP contribution in [0.15, 0.2) is 36.9 Å².